The summed E-state index contributed by atoms with van der Waals surface area (Å²) in [6.07, 6.45) is 8.12. The first-order valence-electron chi connectivity index (χ1n) is 8.20. The third-order valence-electron chi connectivity index (χ3n) is 5.17. The number of ether oxygens (including phenoxy) is 1. The van der Waals surface area contributed by atoms with Crippen molar-refractivity contribution in [3.8, 4) is 0 Å². The van der Waals surface area contributed by atoms with Crippen LogP contribution in [0.5, 0.6) is 0 Å². The van der Waals surface area contributed by atoms with Gasteiger partial charge in [0.05, 0.1) is 12.7 Å². The zero-order valence-corrected chi connectivity index (χ0v) is 12.9. The number of likely N-dealkylation sites (tertiary alicyclic amines) is 1. The number of nitrogens with zero attached hydrogens (tertiary/aromatic N) is 1. The van der Waals surface area contributed by atoms with Gasteiger partial charge in [-0.05, 0) is 62.4 Å². The fraction of sp³-hybridized carbons (Fsp3) is 0.611. The maximum atomic E-state index is 11.5. The monoisotopic (exact) mass is 287 g/mol. The van der Waals surface area contributed by atoms with Crippen molar-refractivity contribution in [1.82, 2.24) is 4.90 Å². The maximum absolute atomic E-state index is 11.5. The van der Waals surface area contributed by atoms with E-state index in [1.54, 1.807) is 0 Å². The molecule has 1 saturated heterocycles. The SMILES string of the molecule is COC(=O)c1ccc(C2CCN(C3CCCC3)CC2)cc1. The van der Waals surface area contributed by atoms with Gasteiger partial charge in [0.15, 0.2) is 0 Å². The molecule has 1 heterocycles. The highest BCUT2D eigenvalue weighted by Gasteiger charge is 2.27. The Morgan fingerprint density at radius 1 is 1.05 bits per heavy atom. The van der Waals surface area contributed by atoms with E-state index >= 15 is 0 Å². The molecule has 1 aromatic carbocycles. The van der Waals surface area contributed by atoms with Crippen LogP contribution in [0.2, 0.25) is 0 Å². The summed E-state index contributed by atoms with van der Waals surface area (Å²) in [5.41, 5.74) is 2.01. The average Bonchev–Trinajstić information content (AvgIpc) is 3.09. The average molecular weight is 287 g/mol. The highest BCUT2D eigenvalue weighted by Crippen LogP contribution is 2.32. The summed E-state index contributed by atoms with van der Waals surface area (Å²) in [5.74, 6) is 0.395. The fourth-order valence-electron chi connectivity index (χ4n) is 3.88. The van der Waals surface area contributed by atoms with Gasteiger partial charge in [-0.25, -0.2) is 4.79 Å². The van der Waals surface area contributed by atoms with E-state index in [0.29, 0.717) is 11.5 Å². The van der Waals surface area contributed by atoms with E-state index in [4.69, 9.17) is 4.74 Å². The lowest BCUT2D eigenvalue weighted by Gasteiger charge is -2.36. The summed E-state index contributed by atoms with van der Waals surface area (Å²) in [5, 5.41) is 0. The Morgan fingerprint density at radius 2 is 1.67 bits per heavy atom. The minimum Gasteiger partial charge on any atom is -0.465 e. The Morgan fingerprint density at radius 3 is 2.24 bits per heavy atom. The molecule has 2 fully saturated rings. The van der Waals surface area contributed by atoms with Crippen molar-refractivity contribution >= 4 is 5.97 Å². The first kappa shape index (κ1) is 14.6. The molecule has 114 valence electrons. The van der Waals surface area contributed by atoms with Gasteiger partial charge in [-0.1, -0.05) is 25.0 Å². The van der Waals surface area contributed by atoms with Crippen LogP contribution in [0.4, 0.5) is 0 Å². The second-order valence-electron chi connectivity index (χ2n) is 6.36. The van der Waals surface area contributed by atoms with Gasteiger partial charge in [0.25, 0.3) is 0 Å². The Bertz CT molecular complexity index is 468. The summed E-state index contributed by atoms with van der Waals surface area (Å²) in [4.78, 5) is 14.2. The number of methoxy groups -OCH3 is 1. The summed E-state index contributed by atoms with van der Waals surface area (Å²) in [7, 11) is 1.43. The lowest BCUT2D eigenvalue weighted by molar-refractivity contribution is 0.0600. The second-order valence-corrected chi connectivity index (χ2v) is 6.36. The Kier molecular flexibility index (Phi) is 4.59. The molecule has 1 aromatic rings. The largest absolute Gasteiger partial charge is 0.465 e. The summed E-state index contributed by atoms with van der Waals surface area (Å²) in [6, 6.07) is 8.84. The van der Waals surface area contributed by atoms with Crippen LogP contribution in [0.3, 0.4) is 0 Å². The van der Waals surface area contributed by atoms with E-state index in [0.717, 1.165) is 6.04 Å². The van der Waals surface area contributed by atoms with Crippen molar-refractivity contribution in [3.63, 3.8) is 0 Å². The lowest BCUT2D eigenvalue weighted by Crippen LogP contribution is -2.39. The van der Waals surface area contributed by atoms with Gasteiger partial charge in [0.2, 0.25) is 0 Å². The van der Waals surface area contributed by atoms with Crippen LogP contribution < -0.4 is 0 Å². The normalized spacial score (nSPS) is 21.6. The van der Waals surface area contributed by atoms with E-state index in [2.05, 4.69) is 17.0 Å². The molecule has 0 bridgehead atoms. The van der Waals surface area contributed by atoms with Gasteiger partial charge >= 0.3 is 5.97 Å². The Labute approximate surface area is 127 Å². The van der Waals surface area contributed by atoms with Crippen molar-refractivity contribution in [3.05, 3.63) is 35.4 Å². The molecule has 3 nitrogen and oxygen atoms in total. The molecule has 0 spiro atoms. The zero-order valence-electron chi connectivity index (χ0n) is 12.9. The van der Waals surface area contributed by atoms with Crippen LogP contribution in [0, 0.1) is 0 Å². The van der Waals surface area contributed by atoms with Crippen LogP contribution in [-0.2, 0) is 4.74 Å². The molecule has 0 amide bonds. The lowest BCUT2D eigenvalue weighted by atomic mass is 9.88. The molecule has 2 aliphatic rings. The van der Waals surface area contributed by atoms with Crippen LogP contribution in [-0.4, -0.2) is 37.1 Å². The molecule has 0 N–H and O–H groups in total. The number of carbonyl (C=O) groups excluding carboxylic acids is 1. The molecule has 1 aliphatic carbocycles. The summed E-state index contributed by atoms with van der Waals surface area (Å²) >= 11 is 0. The van der Waals surface area contributed by atoms with E-state index in [-0.39, 0.29) is 5.97 Å². The van der Waals surface area contributed by atoms with Crippen LogP contribution >= 0.6 is 0 Å². The zero-order chi connectivity index (χ0) is 14.7. The van der Waals surface area contributed by atoms with Crippen molar-refractivity contribution in [1.29, 1.82) is 0 Å². The number of rotatable bonds is 3. The van der Waals surface area contributed by atoms with Gasteiger partial charge in [-0.2, -0.15) is 0 Å². The number of carbonyl (C=O) groups is 1. The molecule has 0 radical (unpaired) electrons. The van der Waals surface area contributed by atoms with Gasteiger partial charge < -0.3 is 9.64 Å². The van der Waals surface area contributed by atoms with Crippen molar-refractivity contribution in [2.24, 2.45) is 0 Å². The number of piperidine rings is 1. The molecule has 3 heteroatoms. The predicted octanol–water partition coefficient (Wildman–Crippen LogP) is 3.60. The number of benzene rings is 1. The molecule has 0 atom stereocenters. The number of esters is 1. The molecule has 1 saturated carbocycles. The predicted molar refractivity (Wildman–Crippen MR) is 83.6 cm³/mol. The third-order valence-corrected chi connectivity index (χ3v) is 5.17. The Balaban J connectivity index is 1.57. The number of hydrogen-bond acceptors (Lipinski definition) is 3. The third kappa shape index (κ3) is 3.29. The first-order chi connectivity index (χ1) is 10.3. The second kappa shape index (κ2) is 6.61. The highest BCUT2D eigenvalue weighted by atomic mass is 16.5. The topological polar surface area (TPSA) is 29.5 Å². The maximum Gasteiger partial charge on any atom is 0.337 e. The van der Waals surface area contributed by atoms with E-state index in [1.165, 1.54) is 64.3 Å². The standard InChI is InChI=1S/C18H25NO2/c1-21-18(20)16-8-6-14(7-9-16)15-10-12-19(13-11-15)17-4-2-3-5-17/h6-9,15,17H,2-5,10-13H2,1H3. The molecule has 0 unspecified atom stereocenters. The summed E-state index contributed by atoms with van der Waals surface area (Å²) < 4.78 is 4.75. The van der Waals surface area contributed by atoms with E-state index in [9.17, 15) is 4.79 Å². The molecule has 21 heavy (non-hydrogen) atoms. The van der Waals surface area contributed by atoms with Gasteiger partial charge in [-0.3, -0.25) is 0 Å². The quantitative estimate of drug-likeness (QED) is 0.796. The van der Waals surface area contributed by atoms with Gasteiger partial charge in [-0.15, -0.1) is 0 Å². The fourth-order valence-corrected chi connectivity index (χ4v) is 3.88. The molecule has 1 aliphatic heterocycles. The van der Waals surface area contributed by atoms with Crippen LogP contribution in [0.15, 0.2) is 24.3 Å². The minimum atomic E-state index is -0.252. The van der Waals surface area contributed by atoms with Gasteiger partial charge in [0, 0.05) is 6.04 Å². The first-order valence-corrected chi connectivity index (χ1v) is 8.20. The van der Waals surface area contributed by atoms with Crippen molar-refractivity contribution in [2.75, 3.05) is 20.2 Å². The van der Waals surface area contributed by atoms with E-state index in [1.807, 2.05) is 12.1 Å². The van der Waals surface area contributed by atoms with Gasteiger partial charge in [0.1, 0.15) is 0 Å². The Hall–Kier alpha value is -1.35. The smallest absolute Gasteiger partial charge is 0.337 e. The van der Waals surface area contributed by atoms with Crippen molar-refractivity contribution < 1.29 is 9.53 Å². The van der Waals surface area contributed by atoms with Crippen LogP contribution in [0.1, 0.15) is 60.4 Å². The minimum absolute atomic E-state index is 0.252. The highest BCUT2D eigenvalue weighted by molar-refractivity contribution is 5.89. The number of hydrogen-bond donors (Lipinski definition) is 0. The molecular weight excluding hydrogens is 262 g/mol. The van der Waals surface area contributed by atoms with E-state index < -0.39 is 0 Å². The molecular formula is C18H25NO2. The summed E-state index contributed by atoms with van der Waals surface area (Å²) in [6.45, 7) is 2.46. The molecule has 0 aromatic heterocycles. The van der Waals surface area contributed by atoms with Crippen molar-refractivity contribution in [2.45, 2.75) is 50.5 Å². The molecule has 3 rings (SSSR count). The van der Waals surface area contributed by atoms with Crippen LogP contribution in [0.25, 0.3) is 0 Å².